The molecule has 0 radical (unpaired) electrons. The number of carbonyl (C=O) groups excluding carboxylic acids is 4. The van der Waals surface area contributed by atoms with Crippen molar-refractivity contribution in [1.82, 2.24) is 35.3 Å². The zero-order valence-electron chi connectivity index (χ0n) is 37.8. The summed E-state index contributed by atoms with van der Waals surface area (Å²) >= 11 is 0. The number of fused-ring (bicyclic) bond motifs is 2. The third-order valence-electron chi connectivity index (χ3n) is 15.1. The summed E-state index contributed by atoms with van der Waals surface area (Å²) in [5.74, 6) is -3.22. The lowest BCUT2D eigenvalue weighted by atomic mass is 9.60. The predicted molar refractivity (Wildman–Crippen MR) is 246 cm³/mol. The standard InChI is InChI=1S/C47H58F2N12O5/c1-56-37-26-50-44(54-41(37)61(32-6-4-5-7-32)28-47(48,49)43(56)64)52-35-11-8-30(22-38(35)66-3)42(63)51-31-24-46(25-31)15-20-58(21-16-46)27-29-12-17-59(18-13-29)33-9-10-34-36(23-33)57(2)55-40(34)60-19-14-39(62)53-45(60)65/h8-11,22-23,26,29,31-32H,4-7,12-21,24-25,27-28H2,1-3H3,(H,51,63)(H,50,52,54)(H,53,62,65). The topological polar surface area (TPSA) is 173 Å². The molecule has 2 aliphatic carbocycles. The molecule has 3 N–H and O–H groups in total. The van der Waals surface area contributed by atoms with Crippen molar-refractivity contribution < 1.29 is 32.7 Å². The van der Waals surface area contributed by atoms with Crippen molar-refractivity contribution in [2.45, 2.75) is 88.6 Å². The second-order valence-corrected chi connectivity index (χ2v) is 19.3. The minimum Gasteiger partial charge on any atom is -0.495 e. The number of nitrogens with one attached hydrogen (secondary N) is 3. The van der Waals surface area contributed by atoms with Crippen LogP contribution in [-0.2, 0) is 16.6 Å². The maximum Gasteiger partial charge on any atom is 0.342 e. The number of likely N-dealkylation sites (tertiary alicyclic amines) is 1. The van der Waals surface area contributed by atoms with Crippen molar-refractivity contribution in [3.63, 3.8) is 0 Å². The molecule has 6 aliphatic rings. The molecule has 4 aliphatic heterocycles. The molecule has 2 aromatic carbocycles. The Morgan fingerprint density at radius 3 is 2.42 bits per heavy atom. The van der Waals surface area contributed by atoms with Gasteiger partial charge in [-0.2, -0.15) is 18.9 Å². The zero-order chi connectivity index (χ0) is 45.9. The van der Waals surface area contributed by atoms with Crippen molar-refractivity contribution in [2.75, 3.05) is 84.9 Å². The molecule has 1 spiro atoms. The van der Waals surface area contributed by atoms with Crippen molar-refractivity contribution in [1.29, 1.82) is 0 Å². The molecular formula is C47H58F2N12O5. The normalized spacial score (nSPS) is 21.8. The first kappa shape index (κ1) is 43.8. The third kappa shape index (κ3) is 8.34. The Kier molecular flexibility index (Phi) is 11.5. The largest absolute Gasteiger partial charge is 0.495 e. The Balaban J connectivity index is 0.693. The number of hydrogen-bond acceptors (Lipinski definition) is 12. The number of anilines is 6. The van der Waals surface area contributed by atoms with Crippen molar-refractivity contribution in [3.05, 3.63) is 48.2 Å². The van der Waals surface area contributed by atoms with Crippen LogP contribution in [0.3, 0.4) is 0 Å². The number of alkyl halides is 2. The maximum atomic E-state index is 15.1. The fourth-order valence-electron chi connectivity index (χ4n) is 11.3. The Bertz CT molecular complexity index is 2540. The van der Waals surface area contributed by atoms with E-state index < -0.39 is 24.4 Å². The van der Waals surface area contributed by atoms with Gasteiger partial charge in [0.15, 0.2) is 11.6 Å². The van der Waals surface area contributed by atoms with Crippen molar-refractivity contribution in [2.24, 2.45) is 18.4 Å². The van der Waals surface area contributed by atoms with Gasteiger partial charge in [0, 0.05) is 75.4 Å². The summed E-state index contributed by atoms with van der Waals surface area (Å²) in [6.07, 6.45) is 11.4. The van der Waals surface area contributed by atoms with Gasteiger partial charge in [-0.3, -0.25) is 29.3 Å². The Morgan fingerprint density at radius 1 is 0.939 bits per heavy atom. The van der Waals surface area contributed by atoms with Crippen LogP contribution < -0.4 is 40.3 Å². The molecule has 2 saturated carbocycles. The fourth-order valence-corrected chi connectivity index (χ4v) is 11.3. The van der Waals surface area contributed by atoms with E-state index in [0.717, 1.165) is 118 Å². The predicted octanol–water partition coefficient (Wildman–Crippen LogP) is 5.81. The first-order chi connectivity index (χ1) is 31.8. The monoisotopic (exact) mass is 908 g/mol. The number of ether oxygens (including phenoxy) is 1. The van der Waals surface area contributed by atoms with Crippen molar-refractivity contribution in [3.8, 4) is 5.75 Å². The van der Waals surface area contributed by atoms with Gasteiger partial charge in [-0.15, -0.1) is 0 Å². The molecule has 5 fully saturated rings. The molecule has 4 aromatic rings. The molecule has 6 heterocycles. The quantitative estimate of drug-likeness (QED) is 0.175. The van der Waals surface area contributed by atoms with E-state index in [1.54, 1.807) is 28.0 Å². The molecule has 17 nitrogen and oxygen atoms in total. The second kappa shape index (κ2) is 17.3. The first-order valence-corrected chi connectivity index (χ1v) is 23.4. The number of methoxy groups -OCH3 is 1. The summed E-state index contributed by atoms with van der Waals surface area (Å²) in [7, 11) is 4.73. The highest BCUT2D eigenvalue weighted by molar-refractivity contribution is 6.09. The first-order valence-electron chi connectivity index (χ1n) is 23.4. The molecule has 0 bridgehead atoms. The molecule has 19 heteroatoms. The van der Waals surface area contributed by atoms with Crippen LogP contribution in [0.5, 0.6) is 5.75 Å². The van der Waals surface area contributed by atoms with Crippen LogP contribution in [0.15, 0.2) is 42.6 Å². The molecule has 3 saturated heterocycles. The number of halogens is 2. The van der Waals surface area contributed by atoms with Gasteiger partial charge in [-0.25, -0.2) is 9.78 Å². The van der Waals surface area contributed by atoms with Gasteiger partial charge >= 0.3 is 12.0 Å². The van der Waals surface area contributed by atoms with Crippen LogP contribution in [0.2, 0.25) is 0 Å². The van der Waals surface area contributed by atoms with Gasteiger partial charge in [0.05, 0.1) is 31.1 Å². The van der Waals surface area contributed by atoms with Crippen LogP contribution in [0.25, 0.3) is 10.9 Å². The number of aromatic nitrogens is 4. The molecule has 5 amide bonds. The third-order valence-corrected chi connectivity index (χ3v) is 15.1. The number of piperidine rings is 2. The lowest BCUT2D eigenvalue weighted by Crippen LogP contribution is -2.55. The molecule has 0 atom stereocenters. The Morgan fingerprint density at radius 2 is 1.70 bits per heavy atom. The number of rotatable bonds is 10. The van der Waals surface area contributed by atoms with Gasteiger partial charge in [0.25, 0.3) is 11.8 Å². The summed E-state index contributed by atoms with van der Waals surface area (Å²) in [5.41, 5.74) is 3.57. The molecule has 10 rings (SSSR count). The van der Waals surface area contributed by atoms with E-state index in [4.69, 9.17) is 4.74 Å². The number of amides is 5. The van der Waals surface area contributed by atoms with Gasteiger partial charge in [0.2, 0.25) is 11.9 Å². The highest BCUT2D eigenvalue weighted by Gasteiger charge is 2.49. The number of benzene rings is 2. The van der Waals surface area contributed by atoms with E-state index >= 15 is 8.78 Å². The van der Waals surface area contributed by atoms with Crippen LogP contribution >= 0.6 is 0 Å². The van der Waals surface area contributed by atoms with Crippen LogP contribution in [0.1, 0.15) is 81.0 Å². The van der Waals surface area contributed by atoms with Crippen LogP contribution in [0.4, 0.5) is 48.2 Å². The van der Waals surface area contributed by atoms with Crippen LogP contribution in [0, 0.1) is 11.3 Å². The van der Waals surface area contributed by atoms with Gasteiger partial charge in [0.1, 0.15) is 11.4 Å². The summed E-state index contributed by atoms with van der Waals surface area (Å²) in [4.78, 5) is 68.6. The summed E-state index contributed by atoms with van der Waals surface area (Å²) in [6.45, 7) is 4.79. The summed E-state index contributed by atoms with van der Waals surface area (Å²) < 4.78 is 37.6. The van der Waals surface area contributed by atoms with Gasteiger partial charge < -0.3 is 35.0 Å². The average Bonchev–Trinajstić information content (AvgIpc) is 3.95. The number of hydrogen-bond donors (Lipinski definition) is 3. The SMILES string of the molecule is COc1cc(C(=O)NC2CC3(CCN(CC4CCN(c5ccc6c(N7CCC(=O)NC7=O)nn(C)c6c5)CC4)CC3)C2)ccc1Nc1ncc2c(n1)N(C1CCCC1)CC(F)(F)C(=O)N2C. The zero-order valence-corrected chi connectivity index (χ0v) is 37.8. The summed E-state index contributed by atoms with van der Waals surface area (Å²) in [5, 5.41) is 14.3. The lowest BCUT2D eigenvalue weighted by Gasteiger charge is -2.52. The van der Waals surface area contributed by atoms with E-state index in [1.165, 1.54) is 20.4 Å². The number of urea groups is 1. The highest BCUT2D eigenvalue weighted by Crippen LogP contribution is 2.49. The minimum absolute atomic E-state index is 0.109. The van der Waals surface area contributed by atoms with Gasteiger partial charge in [-0.1, -0.05) is 12.8 Å². The summed E-state index contributed by atoms with van der Waals surface area (Å²) in [6, 6.07) is 11.0. The van der Waals surface area contributed by atoms with Gasteiger partial charge in [-0.05, 0) is 112 Å². The Hall–Kier alpha value is -6.11. The van der Waals surface area contributed by atoms with Crippen molar-refractivity contribution >= 4 is 69.3 Å². The molecule has 2 aromatic heterocycles. The number of carbonyl (C=O) groups is 4. The minimum atomic E-state index is -3.57. The van der Waals surface area contributed by atoms with E-state index in [9.17, 15) is 19.2 Å². The average molecular weight is 909 g/mol. The number of nitrogens with zero attached hydrogens (tertiary/aromatic N) is 9. The van der Waals surface area contributed by atoms with Crippen LogP contribution in [-0.4, -0.2) is 126 Å². The highest BCUT2D eigenvalue weighted by atomic mass is 19.3. The van der Waals surface area contributed by atoms with E-state index in [1.807, 2.05) is 17.8 Å². The number of aryl methyl sites for hydroxylation is 1. The molecule has 66 heavy (non-hydrogen) atoms. The lowest BCUT2D eigenvalue weighted by molar-refractivity contribution is -0.140. The van der Waals surface area contributed by atoms with E-state index in [-0.39, 0.29) is 53.2 Å². The molecule has 350 valence electrons. The van der Waals surface area contributed by atoms with E-state index in [0.29, 0.717) is 35.3 Å². The Labute approximate surface area is 382 Å². The fraction of sp³-hybridized carbons (Fsp3) is 0.553. The smallest absolute Gasteiger partial charge is 0.342 e. The number of imide groups is 1. The second-order valence-electron chi connectivity index (χ2n) is 19.3. The van der Waals surface area contributed by atoms with E-state index in [2.05, 4.69) is 52.9 Å². The maximum absolute atomic E-state index is 15.1. The molecule has 0 unspecified atom stereocenters. The molecular weight excluding hydrogens is 851 g/mol.